The van der Waals surface area contributed by atoms with Crippen LogP contribution in [0.3, 0.4) is 0 Å². The van der Waals surface area contributed by atoms with E-state index in [1.54, 1.807) is 0 Å². The van der Waals surface area contributed by atoms with Crippen LogP contribution in [-0.4, -0.2) is 22.2 Å². The molecule has 0 heterocycles. The van der Waals surface area contributed by atoms with Gasteiger partial charge >= 0.3 is 11.9 Å². The summed E-state index contributed by atoms with van der Waals surface area (Å²) in [5.74, 6) is -1.59. The molecule has 4 nitrogen and oxygen atoms in total. The zero-order valence-electron chi connectivity index (χ0n) is 17.1. The Bertz CT molecular complexity index is 386. The molecule has 152 valence electrons. The topological polar surface area (TPSA) is 74.6 Å². The van der Waals surface area contributed by atoms with E-state index in [2.05, 4.69) is 26.0 Å². The van der Waals surface area contributed by atoms with E-state index < -0.39 is 11.9 Å². The van der Waals surface area contributed by atoms with Crippen LogP contribution in [0.1, 0.15) is 97.8 Å². The summed E-state index contributed by atoms with van der Waals surface area (Å²) in [6.45, 7) is 6.28. The van der Waals surface area contributed by atoms with Gasteiger partial charge < -0.3 is 10.2 Å². The molecule has 0 aliphatic heterocycles. The molecule has 0 aliphatic carbocycles. The van der Waals surface area contributed by atoms with E-state index in [9.17, 15) is 9.59 Å². The van der Waals surface area contributed by atoms with Crippen LogP contribution < -0.4 is 0 Å². The third kappa shape index (κ3) is 22.4. The minimum atomic E-state index is -0.715. The number of carbonyl (C=O) groups is 2. The van der Waals surface area contributed by atoms with Crippen molar-refractivity contribution in [1.82, 2.24) is 0 Å². The standard InChI is InChI=1S/C12H22O2.C10H18O2/c1-3-5-6-7-8-9-10-11(4-2)12(13)14;1-2-3-4-5-6-7-8-9-10(11)12/h8-9,11H,3-7,10H2,1-2H3,(H,13,14);6-7H,2-5,8-9H2,1H3,(H,11,12). The third-order valence-corrected chi connectivity index (χ3v) is 4.07. The molecule has 26 heavy (non-hydrogen) atoms. The van der Waals surface area contributed by atoms with Crippen molar-refractivity contribution in [2.45, 2.75) is 97.8 Å². The van der Waals surface area contributed by atoms with Crippen molar-refractivity contribution in [3.8, 4) is 0 Å². The van der Waals surface area contributed by atoms with Crippen LogP contribution >= 0.6 is 0 Å². The highest BCUT2D eigenvalue weighted by Crippen LogP contribution is 2.10. The molecule has 0 amide bonds. The summed E-state index contributed by atoms with van der Waals surface area (Å²) < 4.78 is 0. The molecule has 0 radical (unpaired) electrons. The Labute approximate surface area is 160 Å². The largest absolute Gasteiger partial charge is 0.481 e. The van der Waals surface area contributed by atoms with Crippen molar-refractivity contribution in [3.05, 3.63) is 24.3 Å². The van der Waals surface area contributed by atoms with Crippen molar-refractivity contribution in [1.29, 1.82) is 0 Å². The SMILES string of the molecule is CCCCCC=CCC(CC)C(=O)O.CCCCCC=CCCC(=O)O. The van der Waals surface area contributed by atoms with E-state index in [-0.39, 0.29) is 12.3 Å². The van der Waals surface area contributed by atoms with Crippen molar-refractivity contribution in [2.75, 3.05) is 0 Å². The molecule has 0 aromatic rings. The highest BCUT2D eigenvalue weighted by atomic mass is 16.4. The molecule has 0 saturated carbocycles. The van der Waals surface area contributed by atoms with Gasteiger partial charge in [-0.25, -0.2) is 0 Å². The van der Waals surface area contributed by atoms with E-state index in [4.69, 9.17) is 10.2 Å². The van der Waals surface area contributed by atoms with Gasteiger partial charge in [-0.2, -0.15) is 0 Å². The van der Waals surface area contributed by atoms with Crippen molar-refractivity contribution in [2.24, 2.45) is 5.92 Å². The summed E-state index contributed by atoms with van der Waals surface area (Å²) in [5.41, 5.74) is 0. The zero-order valence-corrected chi connectivity index (χ0v) is 17.1. The highest BCUT2D eigenvalue weighted by molar-refractivity contribution is 5.70. The quantitative estimate of drug-likeness (QED) is 0.252. The maximum atomic E-state index is 10.7. The molecule has 0 aliphatic rings. The number of rotatable bonds is 15. The van der Waals surface area contributed by atoms with Crippen molar-refractivity contribution >= 4 is 11.9 Å². The Morgan fingerprint density at radius 1 is 0.769 bits per heavy atom. The van der Waals surface area contributed by atoms with E-state index in [1.165, 1.54) is 38.5 Å². The van der Waals surface area contributed by atoms with E-state index in [0.29, 0.717) is 19.3 Å². The van der Waals surface area contributed by atoms with Gasteiger partial charge in [0.05, 0.1) is 5.92 Å². The fraction of sp³-hybridized carbons (Fsp3) is 0.727. The lowest BCUT2D eigenvalue weighted by atomic mass is 10.0. The van der Waals surface area contributed by atoms with Gasteiger partial charge in [0.2, 0.25) is 0 Å². The molecule has 0 spiro atoms. The van der Waals surface area contributed by atoms with Crippen LogP contribution in [0.4, 0.5) is 0 Å². The number of aliphatic carboxylic acids is 2. The Kier molecular flexibility index (Phi) is 22.0. The average molecular weight is 369 g/mol. The van der Waals surface area contributed by atoms with E-state index in [1.807, 2.05) is 19.1 Å². The van der Waals surface area contributed by atoms with Gasteiger partial charge in [0.15, 0.2) is 0 Å². The van der Waals surface area contributed by atoms with Crippen LogP contribution in [0.15, 0.2) is 24.3 Å². The van der Waals surface area contributed by atoms with Crippen LogP contribution in [0.5, 0.6) is 0 Å². The number of allylic oxidation sites excluding steroid dienone is 4. The molecule has 1 atom stereocenters. The molecular weight excluding hydrogens is 328 g/mol. The van der Waals surface area contributed by atoms with Gasteiger partial charge in [0.25, 0.3) is 0 Å². The van der Waals surface area contributed by atoms with Gasteiger partial charge in [0.1, 0.15) is 0 Å². The van der Waals surface area contributed by atoms with Gasteiger partial charge in [-0.05, 0) is 44.9 Å². The normalized spacial score (nSPS) is 12.1. The molecule has 0 aromatic carbocycles. The lowest BCUT2D eigenvalue weighted by Crippen LogP contribution is -2.11. The molecule has 0 aromatic heterocycles. The second-order valence-electron chi connectivity index (χ2n) is 6.55. The summed E-state index contributed by atoms with van der Waals surface area (Å²) in [6.07, 6.45) is 20.1. The molecule has 0 rings (SSSR count). The van der Waals surface area contributed by atoms with Crippen molar-refractivity contribution < 1.29 is 19.8 Å². The summed E-state index contributed by atoms with van der Waals surface area (Å²) in [6, 6.07) is 0. The molecule has 0 bridgehead atoms. The first-order chi connectivity index (χ1) is 12.5. The number of carboxylic acid groups (broad SMARTS) is 2. The Morgan fingerprint density at radius 3 is 1.69 bits per heavy atom. The van der Waals surface area contributed by atoms with Gasteiger partial charge in [-0.1, -0.05) is 70.8 Å². The molecule has 0 fully saturated rings. The predicted molar refractivity (Wildman–Crippen MR) is 109 cm³/mol. The lowest BCUT2D eigenvalue weighted by molar-refractivity contribution is -0.141. The zero-order chi connectivity index (χ0) is 20.0. The summed E-state index contributed by atoms with van der Waals surface area (Å²) in [4.78, 5) is 20.8. The minimum absolute atomic E-state index is 0.197. The predicted octanol–water partition coefficient (Wildman–Crippen LogP) is 6.61. The summed E-state index contributed by atoms with van der Waals surface area (Å²) in [7, 11) is 0. The molecule has 2 N–H and O–H groups in total. The Balaban J connectivity index is 0. The maximum Gasteiger partial charge on any atom is 0.306 e. The van der Waals surface area contributed by atoms with Crippen LogP contribution in [0.2, 0.25) is 0 Å². The monoisotopic (exact) mass is 368 g/mol. The molecule has 1 unspecified atom stereocenters. The van der Waals surface area contributed by atoms with Gasteiger partial charge in [-0.3, -0.25) is 9.59 Å². The summed E-state index contributed by atoms with van der Waals surface area (Å²) in [5, 5.41) is 17.1. The average Bonchev–Trinajstić information content (AvgIpc) is 2.60. The number of carboxylic acids is 2. The first-order valence-corrected chi connectivity index (χ1v) is 10.2. The van der Waals surface area contributed by atoms with E-state index in [0.717, 1.165) is 12.8 Å². The minimum Gasteiger partial charge on any atom is -0.481 e. The maximum absolute atomic E-state index is 10.7. The van der Waals surface area contributed by atoms with Gasteiger partial charge in [-0.15, -0.1) is 0 Å². The van der Waals surface area contributed by atoms with Crippen LogP contribution in [0, 0.1) is 5.92 Å². The second kappa shape index (κ2) is 21.5. The number of unbranched alkanes of at least 4 members (excludes halogenated alkanes) is 6. The highest BCUT2D eigenvalue weighted by Gasteiger charge is 2.11. The van der Waals surface area contributed by atoms with Crippen LogP contribution in [-0.2, 0) is 9.59 Å². The molecule has 4 heteroatoms. The van der Waals surface area contributed by atoms with Crippen molar-refractivity contribution in [3.63, 3.8) is 0 Å². The fourth-order valence-electron chi connectivity index (χ4n) is 2.29. The first kappa shape index (κ1) is 26.6. The molecular formula is C22H40O4. The first-order valence-electron chi connectivity index (χ1n) is 10.2. The van der Waals surface area contributed by atoms with Crippen LogP contribution in [0.25, 0.3) is 0 Å². The fourth-order valence-corrected chi connectivity index (χ4v) is 2.29. The Hall–Kier alpha value is -1.58. The van der Waals surface area contributed by atoms with Gasteiger partial charge in [0, 0.05) is 6.42 Å². The van der Waals surface area contributed by atoms with E-state index >= 15 is 0 Å². The summed E-state index contributed by atoms with van der Waals surface area (Å²) >= 11 is 0. The third-order valence-electron chi connectivity index (χ3n) is 4.07. The Morgan fingerprint density at radius 2 is 1.27 bits per heavy atom. The molecule has 0 saturated heterocycles. The number of hydrogen-bond donors (Lipinski definition) is 2. The lowest BCUT2D eigenvalue weighted by Gasteiger charge is -2.04. The number of hydrogen-bond acceptors (Lipinski definition) is 2. The smallest absolute Gasteiger partial charge is 0.306 e. The second-order valence-corrected chi connectivity index (χ2v) is 6.55.